The van der Waals surface area contributed by atoms with Gasteiger partial charge in [-0.1, -0.05) is 19.0 Å². The average Bonchev–Trinajstić information content (AvgIpc) is 3.01. The minimum Gasteiger partial charge on any atom is -0.374 e. The molecule has 8 heteroatoms. The average molecular weight is 367 g/mol. The normalized spacial score (nSPS) is 18.0. The van der Waals surface area contributed by atoms with Crippen LogP contribution in [0.4, 0.5) is 0 Å². The molecule has 0 aromatic carbocycles. The molecule has 1 amide bonds. The summed E-state index contributed by atoms with van der Waals surface area (Å²) in [5.41, 5.74) is 5.52. The molecule has 8 nitrogen and oxygen atoms in total. The van der Waals surface area contributed by atoms with Crippen molar-refractivity contribution in [3.63, 3.8) is 0 Å². The van der Waals surface area contributed by atoms with Gasteiger partial charge >= 0.3 is 0 Å². The van der Waals surface area contributed by atoms with Gasteiger partial charge in [0, 0.05) is 39.8 Å². The topological polar surface area (TPSA) is 97.7 Å². The Morgan fingerprint density at radius 1 is 1.31 bits per heavy atom. The van der Waals surface area contributed by atoms with E-state index in [1.165, 1.54) is 0 Å². The summed E-state index contributed by atoms with van der Waals surface area (Å²) >= 11 is 0. The van der Waals surface area contributed by atoms with Crippen molar-refractivity contribution in [3.05, 3.63) is 11.7 Å². The van der Waals surface area contributed by atoms with Crippen molar-refractivity contribution in [2.75, 3.05) is 39.8 Å². The molecule has 0 saturated carbocycles. The first kappa shape index (κ1) is 20.8. The fourth-order valence-electron chi connectivity index (χ4n) is 3.39. The number of nitrogens with zero attached hydrogens (tertiary/aromatic N) is 4. The largest absolute Gasteiger partial charge is 0.374 e. The highest BCUT2D eigenvalue weighted by molar-refractivity contribution is 5.83. The third-order valence-corrected chi connectivity index (χ3v) is 5.63. The zero-order valence-corrected chi connectivity index (χ0v) is 16.5. The van der Waals surface area contributed by atoms with Gasteiger partial charge in [-0.3, -0.25) is 9.69 Å². The number of methoxy groups -OCH3 is 1. The predicted octanol–water partition coefficient (Wildman–Crippen LogP) is 1.58. The number of hydrogen-bond donors (Lipinski definition) is 1. The highest BCUT2D eigenvalue weighted by Crippen LogP contribution is 2.28. The van der Waals surface area contributed by atoms with Crippen molar-refractivity contribution in [2.24, 2.45) is 11.1 Å². The molecule has 2 heterocycles. The summed E-state index contributed by atoms with van der Waals surface area (Å²) in [4.78, 5) is 21.6. The van der Waals surface area contributed by atoms with Crippen LogP contribution in [0, 0.1) is 5.41 Å². The van der Waals surface area contributed by atoms with Crippen molar-refractivity contribution in [1.29, 1.82) is 0 Å². The summed E-state index contributed by atoms with van der Waals surface area (Å²) in [5, 5.41) is 3.97. The van der Waals surface area contributed by atoms with Crippen molar-refractivity contribution in [2.45, 2.75) is 52.7 Å². The predicted molar refractivity (Wildman–Crippen MR) is 98.3 cm³/mol. The third-order valence-electron chi connectivity index (χ3n) is 5.63. The van der Waals surface area contributed by atoms with Crippen LogP contribution >= 0.6 is 0 Å². The molecular formula is C18H33N5O3. The summed E-state index contributed by atoms with van der Waals surface area (Å²) in [6, 6.07) is 0. The van der Waals surface area contributed by atoms with Gasteiger partial charge in [0.05, 0.1) is 12.0 Å². The first-order valence-corrected chi connectivity index (χ1v) is 9.56. The summed E-state index contributed by atoms with van der Waals surface area (Å²) in [6.07, 6.45) is 2.30. The van der Waals surface area contributed by atoms with Gasteiger partial charge < -0.3 is 19.9 Å². The van der Waals surface area contributed by atoms with E-state index in [1.807, 2.05) is 25.7 Å². The Bertz CT molecular complexity index is 565. The standard InChI is InChI=1S/C18H33N5O3/c1-5-18(6-2,13-19)17(24)23-9-7-8-22(10-11-23)12-15-20-16(21-26-15)14(3)25-4/h14H,5-13,19H2,1-4H3. The van der Waals surface area contributed by atoms with Crippen LogP contribution in [0.3, 0.4) is 0 Å². The monoisotopic (exact) mass is 367 g/mol. The molecule has 2 N–H and O–H groups in total. The molecule has 1 fully saturated rings. The summed E-state index contributed by atoms with van der Waals surface area (Å²) in [6.45, 7) is 10.1. The molecule has 0 aliphatic carbocycles. The molecule has 148 valence electrons. The number of hydrogen-bond acceptors (Lipinski definition) is 7. The number of carbonyl (C=O) groups is 1. The van der Waals surface area contributed by atoms with Gasteiger partial charge in [0.2, 0.25) is 11.8 Å². The number of carbonyl (C=O) groups excluding carboxylic acids is 1. The molecule has 1 unspecified atom stereocenters. The first-order chi connectivity index (χ1) is 12.5. The minimum absolute atomic E-state index is 0.183. The Morgan fingerprint density at radius 2 is 2.04 bits per heavy atom. The molecule has 0 spiro atoms. The smallest absolute Gasteiger partial charge is 0.240 e. The van der Waals surface area contributed by atoms with Crippen LogP contribution in [0.5, 0.6) is 0 Å². The molecule has 1 atom stereocenters. The Balaban J connectivity index is 1.95. The molecule has 1 saturated heterocycles. The van der Waals surface area contributed by atoms with Crippen LogP contribution in [0.25, 0.3) is 0 Å². The first-order valence-electron chi connectivity index (χ1n) is 9.56. The number of rotatable bonds is 8. The van der Waals surface area contributed by atoms with Crippen LogP contribution in [0.2, 0.25) is 0 Å². The zero-order chi connectivity index (χ0) is 19.2. The number of ether oxygens (including phenoxy) is 1. The van der Waals surface area contributed by atoms with Crippen molar-refractivity contribution in [1.82, 2.24) is 19.9 Å². The van der Waals surface area contributed by atoms with Crippen molar-refractivity contribution >= 4 is 5.91 Å². The highest BCUT2D eigenvalue weighted by atomic mass is 16.5. The molecule has 1 aromatic rings. The third kappa shape index (κ3) is 4.61. The highest BCUT2D eigenvalue weighted by Gasteiger charge is 2.37. The maximum absolute atomic E-state index is 13.0. The summed E-state index contributed by atoms with van der Waals surface area (Å²) in [7, 11) is 1.62. The van der Waals surface area contributed by atoms with E-state index in [1.54, 1.807) is 7.11 Å². The van der Waals surface area contributed by atoms with E-state index in [2.05, 4.69) is 15.0 Å². The van der Waals surface area contributed by atoms with Crippen LogP contribution in [-0.4, -0.2) is 65.7 Å². The second-order valence-corrected chi connectivity index (χ2v) is 7.04. The summed E-state index contributed by atoms with van der Waals surface area (Å²) in [5.74, 6) is 1.34. The lowest BCUT2D eigenvalue weighted by Gasteiger charge is -2.34. The zero-order valence-electron chi connectivity index (χ0n) is 16.5. The molecule has 26 heavy (non-hydrogen) atoms. The van der Waals surface area contributed by atoms with Crippen molar-refractivity contribution in [3.8, 4) is 0 Å². The van der Waals surface area contributed by atoms with E-state index < -0.39 is 5.41 Å². The van der Waals surface area contributed by atoms with Crippen molar-refractivity contribution < 1.29 is 14.1 Å². The minimum atomic E-state index is -0.424. The van der Waals surface area contributed by atoms with Crippen LogP contribution in [0.1, 0.15) is 57.9 Å². The van der Waals surface area contributed by atoms with E-state index >= 15 is 0 Å². The van der Waals surface area contributed by atoms with Gasteiger partial charge in [0.15, 0.2) is 5.82 Å². The fourth-order valence-corrected chi connectivity index (χ4v) is 3.39. The number of amides is 1. The van der Waals surface area contributed by atoms with E-state index in [4.69, 9.17) is 15.0 Å². The number of aromatic nitrogens is 2. The van der Waals surface area contributed by atoms with E-state index in [-0.39, 0.29) is 12.0 Å². The SMILES string of the molecule is CCC(CC)(CN)C(=O)N1CCCN(Cc2nc(C(C)OC)no2)CC1. The van der Waals surface area contributed by atoms with Gasteiger partial charge in [-0.25, -0.2) is 0 Å². The molecule has 1 aromatic heterocycles. The fraction of sp³-hybridized carbons (Fsp3) is 0.833. The second-order valence-electron chi connectivity index (χ2n) is 7.04. The molecule has 2 rings (SSSR count). The quantitative estimate of drug-likeness (QED) is 0.745. The Hall–Kier alpha value is -1.51. The lowest BCUT2D eigenvalue weighted by molar-refractivity contribution is -0.142. The van der Waals surface area contributed by atoms with Gasteiger partial charge in [-0.15, -0.1) is 0 Å². The second kappa shape index (κ2) is 9.43. The maximum Gasteiger partial charge on any atom is 0.240 e. The molecule has 1 aliphatic rings. The van der Waals surface area contributed by atoms with E-state index in [0.29, 0.717) is 31.3 Å². The molecule has 1 aliphatic heterocycles. The van der Waals surface area contributed by atoms with Crippen LogP contribution in [0.15, 0.2) is 4.52 Å². The van der Waals surface area contributed by atoms with Gasteiger partial charge in [0.1, 0.15) is 6.10 Å². The van der Waals surface area contributed by atoms with Gasteiger partial charge in [0.25, 0.3) is 0 Å². The lowest BCUT2D eigenvalue weighted by atomic mass is 9.81. The molecule has 0 radical (unpaired) electrons. The van der Waals surface area contributed by atoms with E-state index in [0.717, 1.165) is 38.9 Å². The summed E-state index contributed by atoms with van der Waals surface area (Å²) < 4.78 is 10.5. The molecular weight excluding hydrogens is 334 g/mol. The molecule has 0 bridgehead atoms. The maximum atomic E-state index is 13.0. The number of nitrogens with two attached hydrogens (primary N) is 1. The van der Waals surface area contributed by atoms with Gasteiger partial charge in [-0.2, -0.15) is 4.98 Å². The van der Waals surface area contributed by atoms with E-state index in [9.17, 15) is 4.79 Å². The Morgan fingerprint density at radius 3 is 2.65 bits per heavy atom. The lowest BCUT2D eigenvalue weighted by Crippen LogP contribution is -2.48. The Kier molecular flexibility index (Phi) is 7.55. The Labute approximate surface area is 156 Å². The van der Waals surface area contributed by atoms with Crippen LogP contribution in [-0.2, 0) is 16.1 Å². The van der Waals surface area contributed by atoms with Gasteiger partial charge in [-0.05, 0) is 26.2 Å². The van der Waals surface area contributed by atoms with Crippen LogP contribution < -0.4 is 5.73 Å².